The van der Waals surface area contributed by atoms with Crippen molar-refractivity contribution in [2.24, 2.45) is 0 Å². The fraction of sp³-hybridized carbons (Fsp3) is 0.467. The highest BCUT2D eigenvalue weighted by molar-refractivity contribution is 5.74. The number of rotatable bonds is 8. The Morgan fingerprint density at radius 1 is 1.29 bits per heavy atom. The van der Waals surface area contributed by atoms with Gasteiger partial charge in [-0.3, -0.25) is 4.79 Å². The van der Waals surface area contributed by atoms with Gasteiger partial charge in [0.15, 0.2) is 0 Å². The first-order chi connectivity index (χ1) is 10.0. The van der Waals surface area contributed by atoms with Gasteiger partial charge in [0.05, 0.1) is 13.0 Å². The topological polar surface area (TPSA) is 87.7 Å². The highest BCUT2D eigenvalue weighted by atomic mass is 16.5. The quantitative estimate of drug-likeness (QED) is 0.683. The van der Waals surface area contributed by atoms with Gasteiger partial charge in [-0.2, -0.15) is 0 Å². The molecule has 0 saturated carbocycles. The first-order valence-electron chi connectivity index (χ1n) is 6.98. The van der Waals surface area contributed by atoms with Crippen LogP contribution in [-0.4, -0.2) is 36.3 Å². The molecule has 0 radical (unpaired) electrons. The van der Waals surface area contributed by atoms with Crippen LogP contribution in [0.2, 0.25) is 0 Å². The normalized spacial score (nSPS) is 11.5. The molecule has 0 aliphatic rings. The van der Waals surface area contributed by atoms with Crippen molar-refractivity contribution in [1.82, 2.24) is 10.6 Å². The molecule has 1 aromatic carbocycles. The summed E-state index contributed by atoms with van der Waals surface area (Å²) in [5.41, 5.74) is 1.04. The Bertz CT molecular complexity index is 476. The van der Waals surface area contributed by atoms with Gasteiger partial charge in [0, 0.05) is 6.54 Å². The first-order valence-corrected chi connectivity index (χ1v) is 6.98. The van der Waals surface area contributed by atoms with Crippen molar-refractivity contribution in [1.29, 1.82) is 0 Å². The Hall–Kier alpha value is -2.24. The third-order valence-corrected chi connectivity index (χ3v) is 2.96. The number of amides is 2. The van der Waals surface area contributed by atoms with Crippen molar-refractivity contribution in [2.75, 3.05) is 13.1 Å². The summed E-state index contributed by atoms with van der Waals surface area (Å²) in [5, 5.41) is 13.6. The Morgan fingerprint density at radius 3 is 2.62 bits per heavy atom. The Labute approximate surface area is 124 Å². The molecule has 0 saturated heterocycles. The number of nitrogens with one attached hydrogen (secondary N) is 2. The molecule has 0 aliphatic carbocycles. The maximum Gasteiger partial charge on any atom is 0.314 e. The lowest BCUT2D eigenvalue weighted by molar-refractivity contribution is -0.136. The number of carbonyl (C=O) groups is 2. The molecule has 0 spiro atoms. The van der Waals surface area contributed by atoms with Gasteiger partial charge in [-0.25, -0.2) is 4.79 Å². The summed E-state index contributed by atoms with van der Waals surface area (Å²) in [6, 6.07) is 7.32. The van der Waals surface area contributed by atoms with Crippen LogP contribution in [0.25, 0.3) is 0 Å². The van der Waals surface area contributed by atoms with E-state index in [4.69, 9.17) is 9.84 Å². The summed E-state index contributed by atoms with van der Waals surface area (Å²) in [7, 11) is 0. The zero-order valence-corrected chi connectivity index (χ0v) is 12.4. The van der Waals surface area contributed by atoms with E-state index in [1.54, 1.807) is 0 Å². The van der Waals surface area contributed by atoms with Gasteiger partial charge >= 0.3 is 12.0 Å². The monoisotopic (exact) mass is 294 g/mol. The lowest BCUT2D eigenvalue weighted by atomic mass is 10.2. The summed E-state index contributed by atoms with van der Waals surface area (Å²) >= 11 is 0. The van der Waals surface area contributed by atoms with Gasteiger partial charge in [-0.05, 0) is 25.0 Å². The SMILES string of the molecule is CCC(CNC(=O)NCCC(=O)O)Oc1ccccc1C. The zero-order valence-electron chi connectivity index (χ0n) is 12.4. The number of benzene rings is 1. The van der Waals surface area contributed by atoms with Gasteiger partial charge in [-0.15, -0.1) is 0 Å². The third kappa shape index (κ3) is 6.65. The van der Waals surface area contributed by atoms with Crippen LogP contribution < -0.4 is 15.4 Å². The minimum Gasteiger partial charge on any atom is -0.488 e. The summed E-state index contributed by atoms with van der Waals surface area (Å²) < 4.78 is 5.85. The van der Waals surface area contributed by atoms with Crippen LogP contribution in [0.5, 0.6) is 5.75 Å². The molecule has 21 heavy (non-hydrogen) atoms. The number of hydrogen-bond acceptors (Lipinski definition) is 3. The molecule has 1 rings (SSSR count). The molecular weight excluding hydrogens is 272 g/mol. The van der Waals surface area contributed by atoms with Crippen LogP contribution in [0.1, 0.15) is 25.3 Å². The maximum absolute atomic E-state index is 11.5. The van der Waals surface area contributed by atoms with Crippen LogP contribution in [0, 0.1) is 6.92 Å². The fourth-order valence-corrected chi connectivity index (χ4v) is 1.69. The molecule has 0 aliphatic heterocycles. The minimum atomic E-state index is -0.940. The molecule has 0 bridgehead atoms. The van der Waals surface area contributed by atoms with Crippen LogP contribution >= 0.6 is 0 Å². The van der Waals surface area contributed by atoms with Crippen molar-refractivity contribution in [3.8, 4) is 5.75 Å². The van der Waals surface area contributed by atoms with Gasteiger partial charge in [0.2, 0.25) is 0 Å². The minimum absolute atomic E-state index is 0.0929. The molecule has 0 heterocycles. The predicted octanol–water partition coefficient (Wildman–Crippen LogP) is 1.93. The lowest BCUT2D eigenvalue weighted by Gasteiger charge is -2.19. The average Bonchev–Trinajstić information content (AvgIpc) is 2.45. The average molecular weight is 294 g/mol. The molecule has 1 aromatic rings. The smallest absolute Gasteiger partial charge is 0.314 e. The number of urea groups is 1. The first kappa shape index (κ1) is 16.8. The summed E-state index contributed by atoms with van der Waals surface area (Å²) in [5.74, 6) is -0.137. The van der Waals surface area contributed by atoms with Gasteiger partial charge in [-0.1, -0.05) is 25.1 Å². The zero-order chi connectivity index (χ0) is 15.7. The number of aliphatic carboxylic acids is 1. The maximum atomic E-state index is 11.5. The van der Waals surface area contributed by atoms with Crippen LogP contribution in [0.3, 0.4) is 0 Å². The largest absolute Gasteiger partial charge is 0.488 e. The summed E-state index contributed by atoms with van der Waals surface area (Å²) in [6.45, 7) is 4.42. The Kier molecular flexibility index (Phi) is 7.08. The fourth-order valence-electron chi connectivity index (χ4n) is 1.69. The van der Waals surface area contributed by atoms with Crippen molar-refractivity contribution < 1.29 is 19.4 Å². The number of aryl methyl sites for hydroxylation is 1. The Morgan fingerprint density at radius 2 is 2.00 bits per heavy atom. The van der Waals surface area contributed by atoms with Crippen molar-refractivity contribution in [3.05, 3.63) is 29.8 Å². The van der Waals surface area contributed by atoms with E-state index in [1.807, 2.05) is 38.1 Å². The van der Waals surface area contributed by atoms with E-state index in [2.05, 4.69) is 10.6 Å². The standard InChI is InChI=1S/C15H22N2O4/c1-3-12(21-13-7-5-4-6-11(13)2)10-17-15(20)16-9-8-14(18)19/h4-7,12H,3,8-10H2,1-2H3,(H,18,19)(H2,16,17,20). The number of ether oxygens (including phenoxy) is 1. The molecule has 0 fully saturated rings. The molecule has 3 N–H and O–H groups in total. The third-order valence-electron chi connectivity index (χ3n) is 2.96. The van der Waals surface area contributed by atoms with Crippen LogP contribution in [0.4, 0.5) is 4.79 Å². The van der Waals surface area contributed by atoms with Gasteiger partial charge in [0.25, 0.3) is 0 Å². The van der Waals surface area contributed by atoms with Gasteiger partial charge < -0.3 is 20.5 Å². The number of carboxylic acid groups (broad SMARTS) is 1. The number of carboxylic acids is 1. The lowest BCUT2D eigenvalue weighted by Crippen LogP contribution is -2.41. The second-order valence-electron chi connectivity index (χ2n) is 4.69. The number of para-hydroxylation sites is 1. The predicted molar refractivity (Wildman–Crippen MR) is 79.5 cm³/mol. The van der Waals surface area contributed by atoms with Gasteiger partial charge in [0.1, 0.15) is 11.9 Å². The van der Waals surface area contributed by atoms with Crippen molar-refractivity contribution in [3.63, 3.8) is 0 Å². The van der Waals surface area contributed by atoms with E-state index in [9.17, 15) is 9.59 Å². The molecule has 116 valence electrons. The summed E-state index contributed by atoms with van der Waals surface area (Å²) in [6.07, 6.45) is 0.532. The highest BCUT2D eigenvalue weighted by Gasteiger charge is 2.11. The highest BCUT2D eigenvalue weighted by Crippen LogP contribution is 2.18. The van der Waals surface area contributed by atoms with E-state index in [0.717, 1.165) is 17.7 Å². The molecule has 6 heteroatoms. The number of carbonyl (C=O) groups excluding carboxylic acids is 1. The van der Waals surface area contributed by atoms with E-state index in [1.165, 1.54) is 0 Å². The molecule has 1 unspecified atom stereocenters. The molecule has 1 atom stereocenters. The second-order valence-corrected chi connectivity index (χ2v) is 4.69. The van der Waals surface area contributed by atoms with E-state index in [0.29, 0.717) is 6.54 Å². The summed E-state index contributed by atoms with van der Waals surface area (Å²) in [4.78, 5) is 21.8. The molecule has 2 amide bonds. The van der Waals surface area contributed by atoms with Crippen LogP contribution in [0.15, 0.2) is 24.3 Å². The van der Waals surface area contributed by atoms with Crippen LogP contribution in [-0.2, 0) is 4.79 Å². The second kappa shape index (κ2) is 8.84. The Balaban J connectivity index is 2.36. The van der Waals surface area contributed by atoms with E-state index >= 15 is 0 Å². The van der Waals surface area contributed by atoms with Crippen molar-refractivity contribution >= 4 is 12.0 Å². The molecule has 6 nitrogen and oxygen atoms in total. The van der Waals surface area contributed by atoms with E-state index < -0.39 is 5.97 Å². The van der Waals surface area contributed by atoms with E-state index in [-0.39, 0.29) is 25.1 Å². The number of hydrogen-bond donors (Lipinski definition) is 3. The molecular formula is C15H22N2O4. The molecule has 0 aromatic heterocycles. The van der Waals surface area contributed by atoms with Crippen molar-refractivity contribution in [2.45, 2.75) is 32.8 Å².